The molecule has 2 atom stereocenters. The van der Waals surface area contributed by atoms with Crippen LogP contribution in [0.3, 0.4) is 0 Å². The molecule has 2 unspecified atom stereocenters. The Morgan fingerprint density at radius 1 is 1.07 bits per heavy atom. The second-order valence-corrected chi connectivity index (χ2v) is 10.8. The predicted octanol–water partition coefficient (Wildman–Crippen LogP) is 6.25. The van der Waals surface area contributed by atoms with Gasteiger partial charge in [0, 0.05) is 18.0 Å². The van der Waals surface area contributed by atoms with E-state index in [4.69, 9.17) is 9.47 Å². The number of benzene rings is 2. The summed E-state index contributed by atoms with van der Waals surface area (Å²) in [5.41, 5.74) is 1.27. The molecule has 9 heteroatoms. The Morgan fingerprint density at radius 2 is 1.77 bits per heavy atom. The van der Waals surface area contributed by atoms with Crippen LogP contribution in [0.15, 0.2) is 55.1 Å². The minimum Gasteiger partial charge on any atom is -0.497 e. The van der Waals surface area contributed by atoms with Crippen molar-refractivity contribution in [2.75, 3.05) is 24.7 Å². The molecule has 0 aliphatic rings. The Bertz CT molecular complexity index is 1130. The van der Waals surface area contributed by atoms with Gasteiger partial charge in [-0.05, 0) is 68.7 Å². The summed E-state index contributed by atoms with van der Waals surface area (Å²) >= 11 is 4.35. The van der Waals surface area contributed by atoms with E-state index >= 15 is 0 Å². The second kappa shape index (κ2) is 16.0. The predicted molar refractivity (Wildman–Crippen MR) is 164 cm³/mol. The van der Waals surface area contributed by atoms with Crippen molar-refractivity contribution in [3.05, 3.63) is 66.2 Å². The lowest BCUT2D eigenvalue weighted by Gasteiger charge is -2.34. The number of hydrogen-bond acceptors (Lipinski definition) is 6. The molecule has 218 valence electrons. The van der Waals surface area contributed by atoms with Gasteiger partial charge in [0.1, 0.15) is 23.4 Å². The molecule has 0 heterocycles. The first-order valence-corrected chi connectivity index (χ1v) is 14.2. The van der Waals surface area contributed by atoms with Gasteiger partial charge in [0.25, 0.3) is 5.91 Å². The third-order valence-electron chi connectivity index (χ3n) is 6.09. The van der Waals surface area contributed by atoms with Crippen LogP contribution in [0.1, 0.15) is 70.5 Å². The molecule has 0 fully saturated rings. The second-order valence-electron chi connectivity index (χ2n) is 10.5. The number of amides is 3. The largest absolute Gasteiger partial charge is 0.497 e. The van der Waals surface area contributed by atoms with Gasteiger partial charge in [-0.15, -0.1) is 0 Å². The van der Waals surface area contributed by atoms with Gasteiger partial charge in [0.2, 0.25) is 5.91 Å². The molecule has 2 rings (SSSR count). The fraction of sp³-hybridized carbons (Fsp3) is 0.452. The summed E-state index contributed by atoms with van der Waals surface area (Å²) in [6.07, 6.45) is 4.58. The van der Waals surface area contributed by atoms with E-state index in [-0.39, 0.29) is 11.7 Å². The highest BCUT2D eigenvalue weighted by Crippen LogP contribution is 2.27. The van der Waals surface area contributed by atoms with E-state index in [9.17, 15) is 14.4 Å². The van der Waals surface area contributed by atoms with Gasteiger partial charge in [-0.2, -0.15) is 12.6 Å². The highest BCUT2D eigenvalue weighted by atomic mass is 32.1. The van der Waals surface area contributed by atoms with Crippen LogP contribution in [0.4, 0.5) is 10.5 Å². The maximum Gasteiger partial charge on any atom is 0.408 e. The maximum atomic E-state index is 14.0. The van der Waals surface area contributed by atoms with Gasteiger partial charge in [-0.3, -0.25) is 9.59 Å². The zero-order chi connectivity index (χ0) is 29.7. The summed E-state index contributed by atoms with van der Waals surface area (Å²) in [4.78, 5) is 42.1. The van der Waals surface area contributed by atoms with E-state index in [1.807, 2.05) is 24.3 Å². The Morgan fingerprint density at radius 3 is 2.35 bits per heavy atom. The Kier molecular flexibility index (Phi) is 13.1. The highest BCUT2D eigenvalue weighted by molar-refractivity contribution is 7.80. The topological polar surface area (TPSA) is 97.0 Å². The molecule has 2 N–H and O–H groups in total. The van der Waals surface area contributed by atoms with Crippen LogP contribution in [0.25, 0.3) is 6.08 Å². The van der Waals surface area contributed by atoms with Crippen molar-refractivity contribution in [1.29, 1.82) is 0 Å². The number of thiol groups is 1. The first-order chi connectivity index (χ1) is 19.0. The maximum absolute atomic E-state index is 14.0. The van der Waals surface area contributed by atoms with E-state index in [0.717, 1.165) is 24.8 Å². The van der Waals surface area contributed by atoms with Crippen molar-refractivity contribution in [3.63, 3.8) is 0 Å². The summed E-state index contributed by atoms with van der Waals surface area (Å²) < 4.78 is 10.6. The molecule has 0 aliphatic carbocycles. The number of anilines is 1. The number of unbranched alkanes of at least 4 members (excludes halogenated alkanes) is 3. The van der Waals surface area contributed by atoms with E-state index < -0.39 is 29.7 Å². The number of rotatable bonds is 14. The Balaban J connectivity index is 2.50. The van der Waals surface area contributed by atoms with Crippen LogP contribution >= 0.6 is 12.6 Å². The zero-order valence-corrected chi connectivity index (χ0v) is 25.1. The molecule has 40 heavy (non-hydrogen) atoms. The molecular weight excluding hydrogens is 526 g/mol. The van der Waals surface area contributed by atoms with E-state index in [1.165, 1.54) is 4.90 Å². The van der Waals surface area contributed by atoms with Gasteiger partial charge >= 0.3 is 6.09 Å². The molecule has 3 amide bonds. The molecular formula is C31H43N3O5S. The Labute approximate surface area is 243 Å². The molecule has 2 aromatic carbocycles. The monoisotopic (exact) mass is 569 g/mol. The van der Waals surface area contributed by atoms with Crippen LogP contribution in [-0.4, -0.2) is 53.9 Å². The lowest BCUT2D eigenvalue weighted by molar-refractivity contribution is -0.140. The lowest BCUT2D eigenvalue weighted by Crippen LogP contribution is -2.53. The highest BCUT2D eigenvalue weighted by Gasteiger charge is 2.36. The van der Waals surface area contributed by atoms with Crippen LogP contribution in [0.5, 0.6) is 5.75 Å². The molecule has 0 radical (unpaired) electrons. The van der Waals surface area contributed by atoms with Crippen molar-refractivity contribution in [2.45, 2.75) is 71.1 Å². The SMILES string of the molecule is C=Cc1cccc(C(C(=O)Nc2ccc(OC)cc2)N(CCCCCC)C(=O)C(CS)NC(=O)OC(C)(C)C)c1. The molecule has 0 spiro atoms. The average molecular weight is 570 g/mol. The van der Waals surface area contributed by atoms with Crippen molar-refractivity contribution in [1.82, 2.24) is 10.2 Å². The third kappa shape index (κ3) is 10.3. The molecule has 0 aliphatic heterocycles. The summed E-state index contributed by atoms with van der Waals surface area (Å²) in [6.45, 7) is 11.5. The van der Waals surface area contributed by atoms with E-state index in [1.54, 1.807) is 58.2 Å². The average Bonchev–Trinajstić information content (AvgIpc) is 2.92. The van der Waals surface area contributed by atoms with E-state index in [0.29, 0.717) is 30.0 Å². The molecule has 0 saturated carbocycles. The molecule has 0 saturated heterocycles. The quantitative estimate of drug-likeness (QED) is 0.185. The minimum absolute atomic E-state index is 0.0308. The lowest BCUT2D eigenvalue weighted by atomic mass is 9.99. The normalized spacial score (nSPS) is 12.6. The fourth-order valence-electron chi connectivity index (χ4n) is 4.12. The first kappa shape index (κ1) is 32.8. The number of carbonyl (C=O) groups is 3. The van der Waals surface area contributed by atoms with E-state index in [2.05, 4.69) is 36.8 Å². The molecule has 2 aromatic rings. The number of hydrogen-bond donors (Lipinski definition) is 3. The molecule has 8 nitrogen and oxygen atoms in total. The number of alkyl carbamates (subject to hydrolysis) is 1. The molecule has 0 bridgehead atoms. The summed E-state index contributed by atoms with van der Waals surface area (Å²) in [7, 11) is 1.57. The Hall–Kier alpha value is -3.46. The summed E-state index contributed by atoms with van der Waals surface area (Å²) in [5.74, 6) is -0.115. The smallest absolute Gasteiger partial charge is 0.408 e. The van der Waals surface area contributed by atoms with Gasteiger partial charge in [-0.25, -0.2) is 4.79 Å². The molecule has 0 aromatic heterocycles. The van der Waals surface area contributed by atoms with Crippen LogP contribution in [0, 0.1) is 0 Å². The number of nitrogens with one attached hydrogen (secondary N) is 2. The van der Waals surface area contributed by atoms with Crippen molar-refractivity contribution >= 4 is 42.3 Å². The number of carbonyl (C=O) groups excluding carboxylic acids is 3. The van der Waals surface area contributed by atoms with Crippen LogP contribution < -0.4 is 15.4 Å². The zero-order valence-electron chi connectivity index (χ0n) is 24.2. The van der Waals surface area contributed by atoms with Crippen molar-refractivity contribution < 1.29 is 23.9 Å². The third-order valence-corrected chi connectivity index (χ3v) is 6.45. The van der Waals surface area contributed by atoms with Gasteiger partial charge in [0.05, 0.1) is 7.11 Å². The van der Waals surface area contributed by atoms with Gasteiger partial charge < -0.3 is 25.0 Å². The van der Waals surface area contributed by atoms with Crippen LogP contribution in [0.2, 0.25) is 0 Å². The fourth-order valence-corrected chi connectivity index (χ4v) is 4.37. The van der Waals surface area contributed by atoms with Crippen molar-refractivity contribution in [2.24, 2.45) is 0 Å². The summed E-state index contributed by atoms with van der Waals surface area (Å²) in [5, 5.41) is 5.59. The van der Waals surface area contributed by atoms with Crippen molar-refractivity contribution in [3.8, 4) is 5.75 Å². The van der Waals surface area contributed by atoms with Gasteiger partial charge in [0.15, 0.2) is 0 Å². The minimum atomic E-state index is -0.997. The summed E-state index contributed by atoms with van der Waals surface area (Å²) in [6, 6.07) is 12.4. The number of ether oxygens (including phenoxy) is 2. The number of nitrogens with zero attached hydrogens (tertiary/aromatic N) is 1. The number of methoxy groups -OCH3 is 1. The van der Waals surface area contributed by atoms with Crippen LogP contribution in [-0.2, 0) is 14.3 Å². The standard InChI is InChI=1S/C31H43N3O5S/c1-7-9-10-11-19-34(29(36)26(21-40)33-30(37)39-31(3,4)5)27(23-14-12-13-22(8-2)20-23)28(35)32-24-15-17-25(38-6)18-16-24/h8,12-18,20,26-27,40H,2,7,9-11,19,21H2,1,3-6H3,(H,32,35)(H,33,37). The first-order valence-electron chi connectivity index (χ1n) is 13.6. The van der Waals surface area contributed by atoms with Gasteiger partial charge in [-0.1, -0.05) is 57.0 Å².